The lowest BCUT2D eigenvalue weighted by molar-refractivity contribution is 0.00429. The van der Waals surface area contributed by atoms with E-state index in [0.717, 1.165) is 0 Å². The predicted octanol–water partition coefficient (Wildman–Crippen LogP) is 1.38. The molecule has 58 valence electrons. The standard InChI is InChI=1S/C7H11F2N/c8-7(9)4-6(7)1-5(2-6)3-10/h5H,1-4,10H2. The van der Waals surface area contributed by atoms with Gasteiger partial charge in [0.1, 0.15) is 0 Å². The fourth-order valence-electron chi connectivity index (χ4n) is 2.04. The zero-order valence-corrected chi connectivity index (χ0v) is 5.74. The Morgan fingerprint density at radius 2 is 1.90 bits per heavy atom. The molecule has 2 rings (SSSR count). The Hall–Kier alpha value is -0.180. The van der Waals surface area contributed by atoms with Crippen molar-refractivity contribution in [2.45, 2.75) is 25.2 Å². The molecule has 0 unspecified atom stereocenters. The van der Waals surface area contributed by atoms with Crippen molar-refractivity contribution in [2.75, 3.05) is 6.54 Å². The van der Waals surface area contributed by atoms with Crippen LogP contribution < -0.4 is 5.73 Å². The quantitative estimate of drug-likeness (QED) is 0.595. The summed E-state index contributed by atoms with van der Waals surface area (Å²) in [4.78, 5) is 0. The molecule has 2 fully saturated rings. The third-order valence-electron chi connectivity index (χ3n) is 2.90. The molecule has 2 N–H and O–H groups in total. The number of alkyl halides is 2. The summed E-state index contributed by atoms with van der Waals surface area (Å²) in [5.41, 5.74) is 4.75. The first-order valence-electron chi connectivity index (χ1n) is 3.68. The van der Waals surface area contributed by atoms with E-state index >= 15 is 0 Å². The molecule has 0 bridgehead atoms. The van der Waals surface area contributed by atoms with Crippen LogP contribution in [-0.4, -0.2) is 12.5 Å². The van der Waals surface area contributed by atoms with Crippen molar-refractivity contribution in [1.82, 2.24) is 0 Å². The number of halogens is 2. The smallest absolute Gasteiger partial charge is 0.254 e. The molecule has 2 saturated carbocycles. The minimum Gasteiger partial charge on any atom is -0.330 e. The highest BCUT2D eigenvalue weighted by Gasteiger charge is 2.75. The van der Waals surface area contributed by atoms with E-state index in [1.54, 1.807) is 0 Å². The molecular formula is C7H11F2N. The van der Waals surface area contributed by atoms with E-state index in [2.05, 4.69) is 0 Å². The van der Waals surface area contributed by atoms with E-state index in [1.807, 2.05) is 0 Å². The second-order valence-electron chi connectivity index (χ2n) is 3.67. The van der Waals surface area contributed by atoms with Crippen molar-refractivity contribution in [3.8, 4) is 0 Å². The lowest BCUT2D eigenvalue weighted by atomic mass is 9.71. The Bertz CT molecular complexity index is 161. The van der Waals surface area contributed by atoms with Gasteiger partial charge in [-0.1, -0.05) is 0 Å². The summed E-state index contributed by atoms with van der Waals surface area (Å²) < 4.78 is 25.0. The van der Waals surface area contributed by atoms with Gasteiger partial charge in [-0.2, -0.15) is 0 Å². The van der Waals surface area contributed by atoms with E-state index in [0.29, 0.717) is 25.3 Å². The minimum atomic E-state index is -2.33. The largest absolute Gasteiger partial charge is 0.330 e. The van der Waals surface area contributed by atoms with Crippen LogP contribution in [0.25, 0.3) is 0 Å². The Morgan fingerprint density at radius 3 is 2.20 bits per heavy atom. The topological polar surface area (TPSA) is 26.0 Å². The zero-order valence-electron chi connectivity index (χ0n) is 5.74. The highest BCUT2D eigenvalue weighted by atomic mass is 19.3. The van der Waals surface area contributed by atoms with Gasteiger partial charge in [-0.3, -0.25) is 0 Å². The highest BCUT2D eigenvalue weighted by molar-refractivity contribution is 5.16. The van der Waals surface area contributed by atoms with Crippen LogP contribution in [0.4, 0.5) is 8.78 Å². The summed E-state index contributed by atoms with van der Waals surface area (Å²) in [6.07, 6.45) is 1.45. The summed E-state index contributed by atoms with van der Waals surface area (Å²) >= 11 is 0. The van der Waals surface area contributed by atoms with Gasteiger partial charge in [0.05, 0.1) is 0 Å². The SMILES string of the molecule is NCC1CC2(C1)CC2(F)F. The maximum absolute atomic E-state index is 12.5. The summed E-state index contributed by atoms with van der Waals surface area (Å²) in [6.45, 7) is 0.581. The van der Waals surface area contributed by atoms with Gasteiger partial charge in [0.15, 0.2) is 0 Å². The fraction of sp³-hybridized carbons (Fsp3) is 1.00. The van der Waals surface area contributed by atoms with Gasteiger partial charge in [0, 0.05) is 11.8 Å². The van der Waals surface area contributed by atoms with Crippen LogP contribution in [0.1, 0.15) is 19.3 Å². The second-order valence-corrected chi connectivity index (χ2v) is 3.67. The molecule has 2 aliphatic rings. The first kappa shape index (κ1) is 6.53. The van der Waals surface area contributed by atoms with E-state index in [4.69, 9.17) is 5.73 Å². The molecule has 1 nitrogen and oxygen atoms in total. The van der Waals surface area contributed by atoms with Gasteiger partial charge in [-0.15, -0.1) is 0 Å². The normalized spacial score (nSPS) is 48.9. The fourth-order valence-corrected chi connectivity index (χ4v) is 2.04. The van der Waals surface area contributed by atoms with Crippen LogP contribution in [0.3, 0.4) is 0 Å². The molecule has 2 aliphatic carbocycles. The minimum absolute atomic E-state index is 0.122. The maximum Gasteiger partial charge on any atom is 0.254 e. The van der Waals surface area contributed by atoms with Crippen LogP contribution in [0.2, 0.25) is 0 Å². The van der Waals surface area contributed by atoms with Crippen LogP contribution in [0.15, 0.2) is 0 Å². The molecule has 1 spiro atoms. The highest BCUT2D eigenvalue weighted by Crippen LogP contribution is 2.72. The van der Waals surface area contributed by atoms with Crippen molar-refractivity contribution >= 4 is 0 Å². The van der Waals surface area contributed by atoms with Gasteiger partial charge in [0.2, 0.25) is 0 Å². The van der Waals surface area contributed by atoms with Crippen molar-refractivity contribution in [1.29, 1.82) is 0 Å². The Kier molecular flexibility index (Phi) is 0.994. The average molecular weight is 147 g/mol. The van der Waals surface area contributed by atoms with E-state index in [1.165, 1.54) is 0 Å². The Balaban J connectivity index is 1.92. The molecule has 0 atom stereocenters. The number of rotatable bonds is 1. The lowest BCUT2D eigenvalue weighted by Gasteiger charge is -2.34. The third-order valence-corrected chi connectivity index (χ3v) is 2.90. The lowest BCUT2D eigenvalue weighted by Crippen LogP contribution is -2.34. The molecule has 0 radical (unpaired) electrons. The first-order chi connectivity index (χ1) is 4.60. The molecule has 0 aliphatic heterocycles. The number of hydrogen-bond donors (Lipinski definition) is 1. The van der Waals surface area contributed by atoms with Gasteiger partial charge < -0.3 is 5.73 Å². The Labute approximate surface area is 58.6 Å². The predicted molar refractivity (Wildman–Crippen MR) is 33.8 cm³/mol. The van der Waals surface area contributed by atoms with Crippen LogP contribution in [0.5, 0.6) is 0 Å². The van der Waals surface area contributed by atoms with Gasteiger partial charge >= 0.3 is 0 Å². The van der Waals surface area contributed by atoms with Gasteiger partial charge in [0.25, 0.3) is 5.92 Å². The molecule has 0 aromatic heterocycles. The molecule has 0 saturated heterocycles. The van der Waals surface area contributed by atoms with E-state index < -0.39 is 11.3 Å². The van der Waals surface area contributed by atoms with Crippen LogP contribution in [0, 0.1) is 11.3 Å². The van der Waals surface area contributed by atoms with Crippen molar-refractivity contribution in [2.24, 2.45) is 17.1 Å². The van der Waals surface area contributed by atoms with Crippen molar-refractivity contribution < 1.29 is 8.78 Å². The van der Waals surface area contributed by atoms with Gasteiger partial charge in [-0.05, 0) is 25.3 Å². The monoisotopic (exact) mass is 147 g/mol. The van der Waals surface area contributed by atoms with Crippen molar-refractivity contribution in [3.63, 3.8) is 0 Å². The average Bonchev–Trinajstić information content (AvgIpc) is 2.30. The molecule has 0 amide bonds. The van der Waals surface area contributed by atoms with Crippen molar-refractivity contribution in [3.05, 3.63) is 0 Å². The second kappa shape index (κ2) is 1.52. The summed E-state index contributed by atoms with van der Waals surface area (Å²) in [6, 6.07) is 0. The summed E-state index contributed by atoms with van der Waals surface area (Å²) in [5.74, 6) is -1.95. The summed E-state index contributed by atoms with van der Waals surface area (Å²) in [7, 11) is 0. The van der Waals surface area contributed by atoms with E-state index in [-0.39, 0.29) is 6.42 Å². The zero-order chi connectivity index (χ0) is 7.41. The van der Waals surface area contributed by atoms with Crippen LogP contribution in [-0.2, 0) is 0 Å². The Morgan fingerprint density at radius 1 is 1.40 bits per heavy atom. The molecule has 0 aromatic rings. The van der Waals surface area contributed by atoms with E-state index in [9.17, 15) is 8.78 Å². The first-order valence-corrected chi connectivity index (χ1v) is 3.68. The third kappa shape index (κ3) is 0.590. The molecule has 10 heavy (non-hydrogen) atoms. The molecule has 0 aromatic carbocycles. The van der Waals surface area contributed by atoms with Crippen LogP contribution >= 0.6 is 0 Å². The van der Waals surface area contributed by atoms with Gasteiger partial charge in [-0.25, -0.2) is 8.78 Å². The maximum atomic E-state index is 12.5. The molecule has 3 heteroatoms. The summed E-state index contributed by atoms with van der Waals surface area (Å²) in [5, 5.41) is 0. The number of nitrogens with two attached hydrogens (primary N) is 1. The molecular weight excluding hydrogens is 136 g/mol. The molecule has 0 heterocycles. The number of hydrogen-bond acceptors (Lipinski definition) is 1.